The van der Waals surface area contributed by atoms with E-state index in [2.05, 4.69) is 15.3 Å². The van der Waals surface area contributed by atoms with E-state index in [4.69, 9.17) is 10.4 Å². The summed E-state index contributed by atoms with van der Waals surface area (Å²) in [5.41, 5.74) is 0.840. The zero-order chi connectivity index (χ0) is 13.0. The van der Waals surface area contributed by atoms with E-state index in [1.807, 2.05) is 6.07 Å². The molecule has 0 fully saturated rings. The average molecular weight is 240 g/mol. The minimum Gasteiger partial charge on any atom is -0.478 e. The van der Waals surface area contributed by atoms with Gasteiger partial charge in [-0.3, -0.25) is 0 Å². The second kappa shape index (κ2) is 4.93. The van der Waals surface area contributed by atoms with Crippen molar-refractivity contribution in [3.05, 3.63) is 47.9 Å². The van der Waals surface area contributed by atoms with Gasteiger partial charge in [0, 0.05) is 18.1 Å². The van der Waals surface area contributed by atoms with Gasteiger partial charge in [-0.15, -0.1) is 0 Å². The van der Waals surface area contributed by atoms with Crippen molar-refractivity contribution in [2.75, 3.05) is 5.32 Å². The van der Waals surface area contributed by atoms with Crippen molar-refractivity contribution in [1.82, 2.24) is 9.97 Å². The van der Waals surface area contributed by atoms with Gasteiger partial charge in [-0.2, -0.15) is 5.26 Å². The van der Waals surface area contributed by atoms with Crippen LogP contribution in [-0.2, 0) is 0 Å². The van der Waals surface area contributed by atoms with Crippen LogP contribution in [0, 0.1) is 11.3 Å². The summed E-state index contributed by atoms with van der Waals surface area (Å²) < 4.78 is 0. The standard InChI is InChI=1S/C12H8N4O2/c13-7-10-11(15-5-4-14-10)16-9-3-1-2-8(6-9)12(17)18/h1-6H,(H,15,16)(H,17,18). The molecule has 18 heavy (non-hydrogen) atoms. The van der Waals surface area contributed by atoms with Crippen LogP contribution in [0.1, 0.15) is 16.1 Å². The Morgan fingerprint density at radius 1 is 1.33 bits per heavy atom. The molecule has 0 spiro atoms. The number of anilines is 2. The maximum absolute atomic E-state index is 10.8. The zero-order valence-electron chi connectivity index (χ0n) is 9.16. The van der Waals surface area contributed by atoms with Crippen LogP contribution in [0.25, 0.3) is 0 Å². The Kier molecular flexibility index (Phi) is 3.16. The van der Waals surface area contributed by atoms with Gasteiger partial charge < -0.3 is 10.4 Å². The molecule has 0 aliphatic carbocycles. The van der Waals surface area contributed by atoms with Gasteiger partial charge in [0.1, 0.15) is 6.07 Å². The maximum atomic E-state index is 10.8. The Bertz CT molecular complexity index is 634. The SMILES string of the molecule is N#Cc1nccnc1Nc1cccc(C(=O)O)c1. The number of benzene rings is 1. The predicted molar refractivity (Wildman–Crippen MR) is 63.4 cm³/mol. The number of aromatic carboxylic acids is 1. The highest BCUT2D eigenvalue weighted by Crippen LogP contribution is 2.17. The molecule has 0 saturated carbocycles. The first-order valence-electron chi connectivity index (χ1n) is 5.02. The molecule has 0 bridgehead atoms. The summed E-state index contributed by atoms with van der Waals surface area (Å²) in [4.78, 5) is 18.6. The van der Waals surface area contributed by atoms with Crippen molar-refractivity contribution in [3.63, 3.8) is 0 Å². The molecule has 2 rings (SSSR count). The number of rotatable bonds is 3. The monoisotopic (exact) mass is 240 g/mol. The average Bonchev–Trinajstić information content (AvgIpc) is 2.39. The highest BCUT2D eigenvalue weighted by Gasteiger charge is 2.06. The molecule has 2 N–H and O–H groups in total. The number of nitrogens with one attached hydrogen (secondary N) is 1. The van der Waals surface area contributed by atoms with E-state index in [0.717, 1.165) is 0 Å². The van der Waals surface area contributed by atoms with E-state index in [0.29, 0.717) is 11.5 Å². The van der Waals surface area contributed by atoms with Gasteiger partial charge in [0.25, 0.3) is 0 Å². The van der Waals surface area contributed by atoms with Gasteiger partial charge in [0.05, 0.1) is 5.56 Å². The van der Waals surface area contributed by atoms with Crippen molar-refractivity contribution >= 4 is 17.5 Å². The van der Waals surface area contributed by atoms with Crippen LogP contribution in [0.4, 0.5) is 11.5 Å². The van der Waals surface area contributed by atoms with E-state index in [1.54, 1.807) is 12.1 Å². The second-order valence-corrected chi connectivity index (χ2v) is 3.38. The quantitative estimate of drug-likeness (QED) is 0.848. The number of aromatic nitrogens is 2. The molecule has 0 unspecified atom stereocenters. The first-order chi connectivity index (χ1) is 8.70. The third-order valence-electron chi connectivity index (χ3n) is 2.18. The van der Waals surface area contributed by atoms with Gasteiger partial charge in [-0.05, 0) is 18.2 Å². The molecule has 1 aromatic heterocycles. The number of hydrogen-bond donors (Lipinski definition) is 2. The summed E-state index contributed by atoms with van der Waals surface area (Å²) in [5, 5.41) is 20.6. The van der Waals surface area contributed by atoms with Crippen LogP contribution in [0.3, 0.4) is 0 Å². The molecule has 1 aromatic carbocycles. The Morgan fingerprint density at radius 3 is 2.83 bits per heavy atom. The van der Waals surface area contributed by atoms with Crippen LogP contribution in [-0.4, -0.2) is 21.0 Å². The van der Waals surface area contributed by atoms with Gasteiger partial charge in [0.15, 0.2) is 11.5 Å². The lowest BCUT2D eigenvalue weighted by atomic mass is 10.2. The zero-order valence-corrected chi connectivity index (χ0v) is 9.16. The highest BCUT2D eigenvalue weighted by atomic mass is 16.4. The third kappa shape index (κ3) is 2.41. The smallest absolute Gasteiger partial charge is 0.335 e. The van der Waals surface area contributed by atoms with Crippen LogP contribution >= 0.6 is 0 Å². The molecule has 0 amide bonds. The lowest BCUT2D eigenvalue weighted by molar-refractivity contribution is 0.0697. The van der Waals surface area contributed by atoms with Crippen LogP contribution in [0.5, 0.6) is 0 Å². The minimum absolute atomic E-state index is 0.151. The first-order valence-corrected chi connectivity index (χ1v) is 5.02. The largest absolute Gasteiger partial charge is 0.478 e. The summed E-state index contributed by atoms with van der Waals surface area (Å²) in [5.74, 6) is -0.721. The topological polar surface area (TPSA) is 98.9 Å². The van der Waals surface area contributed by atoms with Crippen molar-refractivity contribution in [3.8, 4) is 6.07 Å². The van der Waals surface area contributed by atoms with E-state index < -0.39 is 5.97 Å². The van der Waals surface area contributed by atoms with Crippen LogP contribution in [0.15, 0.2) is 36.7 Å². The van der Waals surface area contributed by atoms with Crippen LogP contribution < -0.4 is 5.32 Å². The summed E-state index contributed by atoms with van der Waals surface area (Å²) in [7, 11) is 0. The molecule has 1 heterocycles. The van der Waals surface area contributed by atoms with Gasteiger partial charge in [-0.25, -0.2) is 14.8 Å². The molecular weight excluding hydrogens is 232 g/mol. The Labute approximate surface area is 103 Å². The van der Waals surface area contributed by atoms with Gasteiger partial charge in [-0.1, -0.05) is 6.07 Å². The van der Waals surface area contributed by atoms with Crippen molar-refractivity contribution in [2.45, 2.75) is 0 Å². The fraction of sp³-hybridized carbons (Fsp3) is 0. The second-order valence-electron chi connectivity index (χ2n) is 3.38. The lowest BCUT2D eigenvalue weighted by Gasteiger charge is -2.06. The molecule has 0 saturated heterocycles. The number of hydrogen-bond acceptors (Lipinski definition) is 5. The molecule has 2 aromatic rings. The Balaban J connectivity index is 2.32. The number of carbonyl (C=O) groups is 1. The van der Waals surface area contributed by atoms with E-state index >= 15 is 0 Å². The molecule has 88 valence electrons. The van der Waals surface area contributed by atoms with E-state index in [1.165, 1.54) is 24.5 Å². The van der Waals surface area contributed by atoms with Crippen molar-refractivity contribution in [1.29, 1.82) is 5.26 Å². The number of nitriles is 1. The van der Waals surface area contributed by atoms with Crippen molar-refractivity contribution < 1.29 is 9.90 Å². The highest BCUT2D eigenvalue weighted by molar-refractivity contribution is 5.89. The number of carboxylic acid groups (broad SMARTS) is 1. The molecule has 6 nitrogen and oxygen atoms in total. The van der Waals surface area contributed by atoms with E-state index in [9.17, 15) is 4.79 Å². The summed E-state index contributed by atoms with van der Waals surface area (Å²) in [6.07, 6.45) is 2.86. The number of carboxylic acids is 1. The molecule has 0 atom stereocenters. The Hall–Kier alpha value is -2.94. The number of nitrogens with zero attached hydrogens (tertiary/aromatic N) is 3. The summed E-state index contributed by atoms with van der Waals surface area (Å²) in [6.45, 7) is 0. The molecule has 0 radical (unpaired) electrons. The first kappa shape index (κ1) is 11.5. The third-order valence-corrected chi connectivity index (χ3v) is 2.18. The molecule has 0 aliphatic heterocycles. The minimum atomic E-state index is -1.02. The lowest BCUT2D eigenvalue weighted by Crippen LogP contribution is -2.01. The van der Waals surface area contributed by atoms with E-state index in [-0.39, 0.29) is 11.3 Å². The normalized spacial score (nSPS) is 9.50. The Morgan fingerprint density at radius 2 is 2.11 bits per heavy atom. The molecule has 0 aliphatic rings. The maximum Gasteiger partial charge on any atom is 0.335 e. The predicted octanol–water partition coefficient (Wildman–Crippen LogP) is 1.79. The summed E-state index contributed by atoms with van der Waals surface area (Å²) in [6, 6.07) is 8.13. The van der Waals surface area contributed by atoms with Gasteiger partial charge in [0.2, 0.25) is 0 Å². The molecule has 6 heteroatoms. The van der Waals surface area contributed by atoms with Crippen LogP contribution in [0.2, 0.25) is 0 Å². The van der Waals surface area contributed by atoms with Gasteiger partial charge >= 0.3 is 5.97 Å². The summed E-state index contributed by atoms with van der Waals surface area (Å²) >= 11 is 0. The van der Waals surface area contributed by atoms with Crippen molar-refractivity contribution in [2.24, 2.45) is 0 Å². The fourth-order valence-electron chi connectivity index (χ4n) is 1.38. The fourth-order valence-corrected chi connectivity index (χ4v) is 1.38. The molecular formula is C12H8N4O2.